The molecule has 8 heteroatoms. The predicted octanol–water partition coefficient (Wildman–Crippen LogP) is 5.85. The molecule has 0 atom stereocenters. The van der Waals surface area contributed by atoms with E-state index >= 15 is 0 Å². The van der Waals surface area contributed by atoms with Gasteiger partial charge in [-0.3, -0.25) is 0 Å². The van der Waals surface area contributed by atoms with Crippen molar-refractivity contribution in [2.45, 2.75) is 6.54 Å². The molecule has 1 aromatic heterocycles. The van der Waals surface area contributed by atoms with Crippen LogP contribution in [-0.2, 0) is 6.54 Å². The average Bonchev–Trinajstić information content (AvgIpc) is 3.06. The summed E-state index contributed by atoms with van der Waals surface area (Å²) in [5, 5.41) is 18.6. The van der Waals surface area contributed by atoms with Crippen molar-refractivity contribution < 1.29 is 14.8 Å². The Hall–Kier alpha value is -3.43. The van der Waals surface area contributed by atoms with Gasteiger partial charge in [0, 0.05) is 87.1 Å². The summed E-state index contributed by atoms with van der Waals surface area (Å²) in [6, 6.07) is 23.4. The number of hydrogen-bond acceptors (Lipinski definition) is 7. The van der Waals surface area contributed by atoms with Crippen molar-refractivity contribution in [1.29, 1.82) is 0 Å². The molecule has 0 spiro atoms. The quantitative estimate of drug-likeness (QED) is 0.110. The fourth-order valence-corrected chi connectivity index (χ4v) is 6.87. The lowest BCUT2D eigenvalue weighted by molar-refractivity contribution is -0.699. The zero-order chi connectivity index (χ0) is 31.0. The van der Waals surface area contributed by atoms with Gasteiger partial charge in [-0.05, 0) is 59.7 Å². The van der Waals surface area contributed by atoms with Gasteiger partial charge in [-0.15, -0.1) is 0 Å². The van der Waals surface area contributed by atoms with Gasteiger partial charge in [-0.1, -0.05) is 64.1 Å². The molecule has 2 aromatic carbocycles. The molecule has 0 saturated heterocycles. The van der Waals surface area contributed by atoms with E-state index in [1.807, 2.05) is 44.5 Å². The molecule has 0 fully saturated rings. The van der Waals surface area contributed by atoms with Gasteiger partial charge in [0.25, 0.3) is 0 Å². The van der Waals surface area contributed by atoms with Crippen molar-refractivity contribution in [3.05, 3.63) is 120 Å². The number of allylic oxidation sites excluding steroid dienone is 3. The van der Waals surface area contributed by atoms with Crippen LogP contribution < -0.4 is 14.4 Å². The van der Waals surface area contributed by atoms with E-state index in [1.54, 1.807) is 0 Å². The third-order valence-electron chi connectivity index (χ3n) is 7.44. The van der Waals surface area contributed by atoms with Crippen LogP contribution in [0.2, 0.25) is 0 Å². The van der Waals surface area contributed by atoms with Crippen LogP contribution >= 0.6 is 21.6 Å². The molecule has 0 bridgehead atoms. The Labute approximate surface area is 271 Å². The lowest BCUT2D eigenvalue weighted by Crippen LogP contribution is -2.38. The second-order valence-electron chi connectivity index (χ2n) is 10.6. The first kappa shape index (κ1) is 33.5. The highest BCUT2D eigenvalue weighted by Crippen LogP contribution is 2.24. The fourth-order valence-electron chi connectivity index (χ4n) is 4.79. The molecular formula is C36H45N4O2S2+. The Kier molecular flexibility index (Phi) is 14.0. The lowest BCUT2D eigenvalue weighted by atomic mass is 10.1. The first-order valence-corrected chi connectivity index (χ1v) is 17.6. The Balaban J connectivity index is 1.13. The van der Waals surface area contributed by atoms with E-state index in [0.717, 1.165) is 48.1 Å². The molecule has 4 rings (SSSR count). The Morgan fingerprint density at radius 3 is 1.98 bits per heavy atom. The third-order valence-corrected chi connectivity index (χ3v) is 9.81. The van der Waals surface area contributed by atoms with Crippen molar-refractivity contribution in [1.82, 2.24) is 4.90 Å². The molecule has 0 saturated carbocycles. The van der Waals surface area contributed by atoms with Gasteiger partial charge in [-0.2, -0.15) is 4.57 Å². The number of aliphatic hydroxyl groups is 2. The van der Waals surface area contributed by atoms with Crippen LogP contribution in [0.1, 0.15) is 16.8 Å². The van der Waals surface area contributed by atoms with Gasteiger partial charge in [0.1, 0.15) is 6.61 Å². The Morgan fingerprint density at radius 2 is 1.39 bits per heavy atom. The lowest BCUT2D eigenvalue weighted by Gasteiger charge is -2.25. The van der Waals surface area contributed by atoms with E-state index in [1.165, 1.54) is 16.9 Å². The van der Waals surface area contributed by atoms with Crippen LogP contribution in [0.3, 0.4) is 0 Å². The molecule has 3 aromatic rings. The zero-order valence-corrected chi connectivity index (χ0v) is 27.5. The molecule has 0 radical (unpaired) electrons. The number of pyridine rings is 1. The number of anilines is 2. The fraction of sp³-hybridized carbons (Fsp3) is 0.306. The van der Waals surface area contributed by atoms with Crippen LogP contribution in [0, 0.1) is 0 Å². The van der Waals surface area contributed by atoms with Gasteiger partial charge < -0.3 is 24.9 Å². The highest BCUT2D eigenvalue weighted by molar-refractivity contribution is 8.76. The molecule has 2 heterocycles. The molecule has 1 aliphatic rings. The summed E-state index contributed by atoms with van der Waals surface area (Å²) in [5.41, 5.74) is 6.96. The minimum Gasteiger partial charge on any atom is -0.395 e. The molecule has 2 N–H and O–H groups in total. The summed E-state index contributed by atoms with van der Waals surface area (Å²) >= 11 is 0. The Morgan fingerprint density at radius 1 is 0.773 bits per heavy atom. The minimum atomic E-state index is 0.127. The average molecular weight is 630 g/mol. The molecule has 0 aliphatic carbocycles. The number of β-amino-alcohol motifs (C(OH)–C–C–N with tert-alkyl or cyclic N) is 1. The second kappa shape index (κ2) is 18.4. The topological polar surface area (TPSA) is 54.1 Å². The highest BCUT2D eigenvalue weighted by atomic mass is 33.1. The van der Waals surface area contributed by atoms with Crippen molar-refractivity contribution in [3.8, 4) is 0 Å². The second-order valence-corrected chi connectivity index (χ2v) is 13.3. The molecule has 44 heavy (non-hydrogen) atoms. The van der Waals surface area contributed by atoms with Crippen LogP contribution in [-0.4, -0.2) is 80.1 Å². The van der Waals surface area contributed by atoms with Gasteiger partial charge in [0.15, 0.2) is 12.7 Å². The van der Waals surface area contributed by atoms with Crippen molar-refractivity contribution in [3.63, 3.8) is 0 Å². The van der Waals surface area contributed by atoms with Crippen LogP contribution in [0.15, 0.2) is 103 Å². The van der Waals surface area contributed by atoms with E-state index in [4.69, 9.17) is 0 Å². The van der Waals surface area contributed by atoms with E-state index in [9.17, 15) is 10.2 Å². The monoisotopic (exact) mass is 629 g/mol. The van der Waals surface area contributed by atoms with Gasteiger partial charge >= 0.3 is 0 Å². The maximum atomic E-state index is 9.30. The summed E-state index contributed by atoms with van der Waals surface area (Å²) in [6.45, 7) is 4.35. The molecule has 0 amide bonds. The number of hydrogen-bond donors (Lipinski definition) is 2. The van der Waals surface area contributed by atoms with Crippen molar-refractivity contribution >= 4 is 51.2 Å². The normalized spacial score (nSPS) is 13.2. The summed E-state index contributed by atoms with van der Waals surface area (Å²) in [4.78, 5) is 6.79. The molecular weight excluding hydrogens is 585 g/mol. The Bertz CT molecular complexity index is 1400. The van der Waals surface area contributed by atoms with E-state index in [2.05, 4.69) is 126 Å². The number of rotatable bonds is 17. The van der Waals surface area contributed by atoms with Gasteiger partial charge in [0.05, 0.1) is 6.61 Å². The first-order valence-electron chi connectivity index (χ1n) is 15.1. The maximum absolute atomic E-state index is 9.30. The van der Waals surface area contributed by atoms with Gasteiger partial charge in [-0.25, -0.2) is 0 Å². The first-order chi connectivity index (χ1) is 21.6. The smallest absolute Gasteiger partial charge is 0.205 e. The number of benzene rings is 2. The van der Waals surface area contributed by atoms with Crippen molar-refractivity contribution in [2.24, 2.45) is 0 Å². The van der Waals surface area contributed by atoms with Gasteiger partial charge in [0.2, 0.25) is 5.69 Å². The molecule has 232 valence electrons. The molecule has 6 nitrogen and oxygen atoms in total. The minimum absolute atomic E-state index is 0.127. The predicted molar refractivity (Wildman–Crippen MR) is 192 cm³/mol. The summed E-state index contributed by atoms with van der Waals surface area (Å²) in [5.74, 6) is 2.13. The summed E-state index contributed by atoms with van der Waals surface area (Å²) in [6.07, 6.45) is 16.7. The standard InChI is InChI=1S/C36H45N4O2S2/c1-37(33-15-9-31(10-16-33)13-19-35-7-3-5-21-39(35)23-27-41)25-29-43-44-30-26-38(2)34-17-11-32(12-18-34)14-20-36-8-4-6-22-40(36)24-28-42/h3-21,41-42H,22-30H2,1-2H3/q+1/b20-14+. The van der Waals surface area contributed by atoms with Crippen LogP contribution in [0.5, 0.6) is 0 Å². The van der Waals surface area contributed by atoms with Crippen LogP contribution in [0.4, 0.5) is 11.4 Å². The largest absolute Gasteiger partial charge is 0.395 e. The summed E-state index contributed by atoms with van der Waals surface area (Å²) < 4.78 is 2.05. The van der Waals surface area contributed by atoms with E-state index in [0.29, 0.717) is 13.1 Å². The van der Waals surface area contributed by atoms with E-state index in [-0.39, 0.29) is 13.2 Å². The van der Waals surface area contributed by atoms with Crippen molar-refractivity contribution in [2.75, 3.05) is 74.8 Å². The number of nitrogens with zero attached hydrogens (tertiary/aromatic N) is 4. The molecule has 1 aliphatic heterocycles. The van der Waals surface area contributed by atoms with E-state index < -0.39 is 0 Å². The third kappa shape index (κ3) is 10.6. The summed E-state index contributed by atoms with van der Waals surface area (Å²) in [7, 11) is 8.17. The highest BCUT2D eigenvalue weighted by Gasteiger charge is 2.08. The number of aromatic nitrogens is 1. The zero-order valence-electron chi connectivity index (χ0n) is 25.8. The molecule has 0 unspecified atom stereocenters. The van der Waals surface area contributed by atoms with Crippen LogP contribution in [0.25, 0.3) is 18.2 Å². The SMILES string of the molecule is CN(CCSSCCN(C)c1ccc(/C=C/c2cccc[n+]2CCO)cc1)c1ccc(/C=C/C2=CC=CCN2CCO)cc1. The maximum Gasteiger partial charge on any atom is 0.205 e. The number of aliphatic hydroxyl groups excluding tert-OH is 2.